The van der Waals surface area contributed by atoms with Crippen LogP contribution in [-0.4, -0.2) is 8.32 Å². The van der Waals surface area contributed by atoms with Gasteiger partial charge >= 0.3 is 0 Å². The molecule has 1 unspecified atom stereocenters. The third kappa shape index (κ3) is 3.69. The molecule has 1 aliphatic heterocycles. The van der Waals surface area contributed by atoms with Crippen molar-refractivity contribution in [1.29, 1.82) is 0 Å². The van der Waals surface area contributed by atoms with Gasteiger partial charge in [-0.15, -0.1) is 11.3 Å². The normalized spacial score (nSPS) is 15.6. The van der Waals surface area contributed by atoms with Crippen LogP contribution in [-0.2, 0) is 0 Å². The number of thiophene rings is 1. The maximum absolute atomic E-state index is 6.55. The van der Waals surface area contributed by atoms with Crippen molar-refractivity contribution in [1.82, 2.24) is 0 Å². The summed E-state index contributed by atoms with van der Waals surface area (Å²) in [7, 11) is -1.95. The summed E-state index contributed by atoms with van der Waals surface area (Å²) in [4.78, 5) is 1.20. The van der Waals surface area contributed by atoms with Gasteiger partial charge in [-0.3, -0.25) is 0 Å². The summed E-state index contributed by atoms with van der Waals surface area (Å²) in [5.74, 6) is 2.45. The first-order valence-electron chi connectivity index (χ1n) is 11.0. The zero-order valence-electron chi connectivity index (χ0n) is 19.1. The summed E-state index contributed by atoms with van der Waals surface area (Å²) >= 11 is 1.79. The van der Waals surface area contributed by atoms with Crippen molar-refractivity contribution in [2.45, 2.75) is 45.2 Å². The highest BCUT2D eigenvalue weighted by Crippen LogP contribution is 2.51. The second-order valence-corrected chi connectivity index (χ2v) is 15.5. The van der Waals surface area contributed by atoms with Crippen molar-refractivity contribution >= 4 is 29.7 Å². The lowest BCUT2D eigenvalue weighted by Gasteiger charge is -2.36. The predicted octanol–water partition coefficient (Wildman–Crippen LogP) is 8.42. The van der Waals surface area contributed by atoms with E-state index in [0.29, 0.717) is 0 Å². The molecule has 164 valence electrons. The molecule has 0 bridgehead atoms. The predicted molar refractivity (Wildman–Crippen MR) is 136 cm³/mol. The van der Waals surface area contributed by atoms with Crippen molar-refractivity contribution in [3.8, 4) is 27.7 Å². The van der Waals surface area contributed by atoms with E-state index in [9.17, 15) is 0 Å². The van der Waals surface area contributed by atoms with Gasteiger partial charge in [0.15, 0.2) is 0 Å². The molecule has 1 aliphatic rings. The molecule has 3 nitrogen and oxygen atoms in total. The Morgan fingerprint density at radius 3 is 2.34 bits per heavy atom. The van der Waals surface area contributed by atoms with E-state index in [2.05, 4.69) is 70.3 Å². The van der Waals surface area contributed by atoms with E-state index in [0.717, 1.165) is 28.4 Å². The fourth-order valence-corrected chi connectivity index (χ4v) is 5.95. The van der Waals surface area contributed by atoms with Gasteiger partial charge in [0.25, 0.3) is 6.29 Å². The number of para-hydroxylation sites is 1. The Labute approximate surface area is 194 Å². The van der Waals surface area contributed by atoms with Crippen LogP contribution in [0.2, 0.25) is 18.1 Å². The van der Waals surface area contributed by atoms with E-state index in [4.69, 9.17) is 13.9 Å². The maximum atomic E-state index is 6.55. The van der Waals surface area contributed by atoms with E-state index in [1.165, 1.54) is 15.0 Å². The van der Waals surface area contributed by atoms with E-state index in [1.54, 1.807) is 11.3 Å². The van der Waals surface area contributed by atoms with Crippen molar-refractivity contribution in [3.05, 3.63) is 78.4 Å². The first kappa shape index (κ1) is 21.1. The van der Waals surface area contributed by atoms with Crippen LogP contribution < -0.4 is 13.9 Å². The molecule has 1 atom stereocenters. The minimum Gasteiger partial charge on any atom is -0.543 e. The Kier molecular flexibility index (Phi) is 5.06. The molecule has 3 aromatic carbocycles. The SMILES string of the molecule is CC(C)(C)[Si](C)(C)Oc1ccc2c(c1)OC(Oc1ccccc1)c1c-2sc2ccccc12. The van der Waals surface area contributed by atoms with Crippen molar-refractivity contribution < 1.29 is 13.9 Å². The molecule has 0 saturated carbocycles. The Balaban J connectivity index is 1.59. The third-order valence-electron chi connectivity index (χ3n) is 6.47. The molecule has 0 aliphatic carbocycles. The Bertz CT molecular complexity index is 1270. The fraction of sp³-hybridized carbons (Fsp3) is 0.259. The zero-order valence-corrected chi connectivity index (χ0v) is 21.0. The van der Waals surface area contributed by atoms with Gasteiger partial charge in [0, 0.05) is 26.6 Å². The number of hydrogen-bond donors (Lipinski definition) is 0. The van der Waals surface area contributed by atoms with Crippen molar-refractivity contribution in [2.75, 3.05) is 0 Å². The van der Waals surface area contributed by atoms with Gasteiger partial charge in [0.05, 0.1) is 5.56 Å². The summed E-state index contributed by atoms with van der Waals surface area (Å²) in [6, 6.07) is 24.6. The minimum atomic E-state index is -1.95. The lowest BCUT2D eigenvalue weighted by atomic mass is 10.0. The first-order chi connectivity index (χ1) is 15.2. The molecule has 0 radical (unpaired) electrons. The number of fused-ring (bicyclic) bond motifs is 5. The van der Waals surface area contributed by atoms with Crippen LogP contribution in [0, 0.1) is 0 Å². The largest absolute Gasteiger partial charge is 0.543 e. The molecular weight excluding hydrogens is 432 g/mol. The highest BCUT2D eigenvalue weighted by atomic mass is 32.1. The van der Waals surface area contributed by atoms with Crippen LogP contribution in [0.4, 0.5) is 0 Å². The fourth-order valence-electron chi connectivity index (χ4n) is 3.68. The maximum Gasteiger partial charge on any atom is 0.269 e. The second-order valence-electron chi connectivity index (χ2n) is 9.74. The van der Waals surface area contributed by atoms with Gasteiger partial charge < -0.3 is 13.9 Å². The van der Waals surface area contributed by atoms with Gasteiger partial charge in [-0.1, -0.05) is 57.2 Å². The Morgan fingerprint density at radius 2 is 1.59 bits per heavy atom. The highest BCUT2D eigenvalue weighted by Gasteiger charge is 2.39. The lowest BCUT2D eigenvalue weighted by Crippen LogP contribution is -2.43. The molecule has 5 rings (SSSR count). The van der Waals surface area contributed by atoms with Crippen LogP contribution in [0.25, 0.3) is 20.5 Å². The average Bonchev–Trinajstić information content (AvgIpc) is 3.13. The summed E-state index contributed by atoms with van der Waals surface area (Å²) in [5.41, 5.74) is 2.19. The van der Waals surface area contributed by atoms with Crippen LogP contribution >= 0.6 is 11.3 Å². The topological polar surface area (TPSA) is 27.7 Å². The van der Waals surface area contributed by atoms with E-state index < -0.39 is 14.6 Å². The molecule has 0 N–H and O–H groups in total. The number of hydrogen-bond acceptors (Lipinski definition) is 4. The molecule has 32 heavy (non-hydrogen) atoms. The van der Waals surface area contributed by atoms with Crippen LogP contribution in [0.1, 0.15) is 32.6 Å². The monoisotopic (exact) mass is 460 g/mol. The molecule has 0 amide bonds. The summed E-state index contributed by atoms with van der Waals surface area (Å²) in [6.07, 6.45) is -0.515. The van der Waals surface area contributed by atoms with Crippen molar-refractivity contribution in [2.24, 2.45) is 0 Å². The van der Waals surface area contributed by atoms with E-state index in [1.807, 2.05) is 36.4 Å². The highest BCUT2D eigenvalue weighted by molar-refractivity contribution is 7.22. The molecule has 4 aromatic rings. The van der Waals surface area contributed by atoms with Crippen LogP contribution in [0.3, 0.4) is 0 Å². The Hall–Kier alpha value is -2.76. The molecule has 1 aromatic heterocycles. The summed E-state index contributed by atoms with van der Waals surface area (Å²) < 4.78 is 20.6. The first-order valence-corrected chi connectivity index (χ1v) is 14.7. The lowest BCUT2D eigenvalue weighted by molar-refractivity contribution is 0.00338. The molecular formula is C27H28O3SSi. The quantitative estimate of drug-likeness (QED) is 0.286. The molecule has 0 spiro atoms. The molecule has 0 fully saturated rings. The molecule has 2 heterocycles. The van der Waals surface area contributed by atoms with Gasteiger partial charge in [-0.25, -0.2) is 0 Å². The van der Waals surface area contributed by atoms with Gasteiger partial charge in [0.1, 0.15) is 17.2 Å². The summed E-state index contributed by atoms with van der Waals surface area (Å²) in [6.45, 7) is 11.3. The molecule has 0 saturated heterocycles. The standard InChI is InChI=1S/C27H28O3SSi/c1-27(2,3)32(4,5)30-19-15-16-20-22(17-19)29-26(28-18-11-7-6-8-12-18)24-21-13-9-10-14-23(21)31-25(20)24/h6-17,26H,1-5H3. The van der Waals surface area contributed by atoms with Gasteiger partial charge in [-0.05, 0) is 48.5 Å². The van der Waals surface area contributed by atoms with Gasteiger partial charge in [-0.2, -0.15) is 0 Å². The zero-order chi connectivity index (χ0) is 22.5. The average molecular weight is 461 g/mol. The number of rotatable bonds is 4. The summed E-state index contributed by atoms with van der Waals surface area (Å²) in [5, 5.41) is 1.31. The minimum absolute atomic E-state index is 0.126. The number of ether oxygens (including phenoxy) is 2. The number of benzene rings is 3. The van der Waals surface area contributed by atoms with Crippen LogP contribution in [0.15, 0.2) is 72.8 Å². The smallest absolute Gasteiger partial charge is 0.269 e. The van der Waals surface area contributed by atoms with Crippen LogP contribution in [0.5, 0.6) is 17.2 Å². The second kappa shape index (κ2) is 7.68. The van der Waals surface area contributed by atoms with E-state index in [-0.39, 0.29) is 5.04 Å². The molecule has 5 heteroatoms. The van der Waals surface area contributed by atoms with Gasteiger partial charge in [0.2, 0.25) is 8.32 Å². The van der Waals surface area contributed by atoms with E-state index >= 15 is 0 Å². The third-order valence-corrected chi connectivity index (χ3v) is 12.0. The Morgan fingerprint density at radius 1 is 0.875 bits per heavy atom. The van der Waals surface area contributed by atoms with Crippen molar-refractivity contribution in [3.63, 3.8) is 0 Å².